The topological polar surface area (TPSA) is 23.5 Å². The van der Waals surface area contributed by atoms with Gasteiger partial charge in [-0.15, -0.1) is 0 Å². The Kier molecular flexibility index (Phi) is 4.93. The van der Waals surface area contributed by atoms with Crippen LogP contribution in [0.15, 0.2) is 0 Å². The molecule has 0 saturated heterocycles. The molecule has 4 heteroatoms. The van der Waals surface area contributed by atoms with Gasteiger partial charge in [0.05, 0.1) is 12.6 Å². The molecule has 0 aromatic carbocycles. The Morgan fingerprint density at radius 3 is 2.60 bits per heavy atom. The summed E-state index contributed by atoms with van der Waals surface area (Å²) in [7, 11) is 1.73. The Labute approximate surface area is 90.3 Å². The number of rotatable bonds is 4. The molecule has 0 spiro atoms. The van der Waals surface area contributed by atoms with Gasteiger partial charge in [-0.05, 0) is 32.2 Å². The molecule has 1 aliphatic rings. The molecule has 1 aliphatic carbocycles. The van der Waals surface area contributed by atoms with Crippen LogP contribution in [0.3, 0.4) is 0 Å². The van der Waals surface area contributed by atoms with Crippen molar-refractivity contribution >= 4 is 0 Å². The molecule has 1 N–H and O–H groups in total. The number of hydrogen-bond acceptors (Lipinski definition) is 2. The third-order valence-corrected chi connectivity index (χ3v) is 3.44. The van der Waals surface area contributed by atoms with E-state index in [2.05, 4.69) is 6.92 Å². The van der Waals surface area contributed by atoms with Gasteiger partial charge in [0.25, 0.3) is 6.43 Å². The summed E-state index contributed by atoms with van der Waals surface area (Å²) in [6, 6.07) is 0.118. The van der Waals surface area contributed by atoms with E-state index >= 15 is 0 Å². The van der Waals surface area contributed by atoms with Crippen molar-refractivity contribution in [2.45, 2.75) is 51.2 Å². The standard InChI is InChI=1S/C11H21F2NO/c1-3-8-4-5-9(15)6-10(8)14(2)7-11(12)13/h8-11,15H,3-7H2,1-2H3. The molecule has 3 atom stereocenters. The highest BCUT2D eigenvalue weighted by Crippen LogP contribution is 2.30. The van der Waals surface area contributed by atoms with Crippen LogP contribution in [0.1, 0.15) is 32.6 Å². The fraction of sp³-hybridized carbons (Fsp3) is 1.00. The minimum Gasteiger partial charge on any atom is -0.393 e. The second-order valence-electron chi connectivity index (χ2n) is 4.53. The lowest BCUT2D eigenvalue weighted by Crippen LogP contribution is -2.45. The zero-order valence-electron chi connectivity index (χ0n) is 9.50. The minimum atomic E-state index is -2.29. The Bertz CT molecular complexity index is 189. The fourth-order valence-corrected chi connectivity index (χ4v) is 2.56. The molecule has 0 aliphatic heterocycles. The first kappa shape index (κ1) is 12.8. The van der Waals surface area contributed by atoms with Crippen molar-refractivity contribution in [2.75, 3.05) is 13.6 Å². The first-order chi connectivity index (χ1) is 7.04. The van der Waals surface area contributed by atoms with Crippen LogP contribution >= 0.6 is 0 Å². The molecule has 0 heterocycles. The molecule has 0 radical (unpaired) electrons. The second-order valence-corrected chi connectivity index (χ2v) is 4.53. The molecule has 1 saturated carbocycles. The number of aliphatic hydroxyl groups is 1. The van der Waals surface area contributed by atoms with Crippen LogP contribution in [0, 0.1) is 5.92 Å². The van der Waals surface area contributed by atoms with Crippen LogP contribution in [-0.4, -0.2) is 42.2 Å². The predicted octanol–water partition coefficient (Wildman–Crippen LogP) is 2.12. The predicted molar refractivity (Wildman–Crippen MR) is 56.1 cm³/mol. The maximum absolute atomic E-state index is 12.3. The largest absolute Gasteiger partial charge is 0.393 e. The molecule has 3 unspecified atom stereocenters. The third kappa shape index (κ3) is 3.68. The van der Waals surface area contributed by atoms with E-state index in [1.165, 1.54) is 0 Å². The molecular formula is C11H21F2NO. The van der Waals surface area contributed by atoms with E-state index in [9.17, 15) is 13.9 Å². The summed E-state index contributed by atoms with van der Waals surface area (Å²) >= 11 is 0. The summed E-state index contributed by atoms with van der Waals surface area (Å²) in [5, 5.41) is 9.56. The van der Waals surface area contributed by atoms with Gasteiger partial charge in [0.2, 0.25) is 0 Å². The van der Waals surface area contributed by atoms with E-state index in [-0.39, 0.29) is 18.7 Å². The lowest BCUT2D eigenvalue weighted by atomic mass is 9.80. The SMILES string of the molecule is CCC1CCC(O)CC1N(C)CC(F)F. The van der Waals surface area contributed by atoms with Crippen molar-refractivity contribution in [3.63, 3.8) is 0 Å². The van der Waals surface area contributed by atoms with E-state index in [4.69, 9.17) is 0 Å². The fourth-order valence-electron chi connectivity index (χ4n) is 2.56. The highest BCUT2D eigenvalue weighted by molar-refractivity contribution is 4.85. The normalized spacial score (nSPS) is 32.6. The van der Waals surface area contributed by atoms with Crippen LogP contribution in [0.5, 0.6) is 0 Å². The Morgan fingerprint density at radius 1 is 1.40 bits per heavy atom. The summed E-state index contributed by atoms with van der Waals surface area (Å²) in [5.41, 5.74) is 0. The van der Waals surface area contributed by atoms with Crippen LogP contribution in [0.2, 0.25) is 0 Å². The maximum Gasteiger partial charge on any atom is 0.251 e. The van der Waals surface area contributed by atoms with Gasteiger partial charge in [-0.25, -0.2) is 8.78 Å². The van der Waals surface area contributed by atoms with Gasteiger partial charge < -0.3 is 5.11 Å². The number of hydrogen-bond donors (Lipinski definition) is 1. The van der Waals surface area contributed by atoms with Gasteiger partial charge in [0.15, 0.2) is 0 Å². The van der Waals surface area contributed by atoms with E-state index in [1.807, 2.05) is 0 Å². The van der Waals surface area contributed by atoms with Crippen LogP contribution in [-0.2, 0) is 0 Å². The molecular weight excluding hydrogens is 200 g/mol. The van der Waals surface area contributed by atoms with Crippen LogP contribution in [0.4, 0.5) is 8.78 Å². The quantitative estimate of drug-likeness (QED) is 0.786. The van der Waals surface area contributed by atoms with Crippen LogP contribution in [0.25, 0.3) is 0 Å². The Balaban J connectivity index is 2.53. The van der Waals surface area contributed by atoms with Gasteiger partial charge in [0.1, 0.15) is 0 Å². The van der Waals surface area contributed by atoms with Crippen molar-refractivity contribution in [1.29, 1.82) is 0 Å². The van der Waals surface area contributed by atoms with Crippen molar-refractivity contribution in [1.82, 2.24) is 4.90 Å². The smallest absolute Gasteiger partial charge is 0.251 e. The van der Waals surface area contributed by atoms with Gasteiger partial charge in [0, 0.05) is 6.04 Å². The summed E-state index contributed by atoms with van der Waals surface area (Å²) in [6.07, 6.45) is 0.824. The molecule has 15 heavy (non-hydrogen) atoms. The van der Waals surface area contributed by atoms with E-state index in [1.54, 1.807) is 11.9 Å². The maximum atomic E-state index is 12.3. The zero-order chi connectivity index (χ0) is 11.4. The number of alkyl halides is 2. The summed E-state index contributed by atoms with van der Waals surface area (Å²) in [6.45, 7) is 1.90. The molecule has 2 nitrogen and oxygen atoms in total. The second kappa shape index (κ2) is 5.75. The van der Waals surface area contributed by atoms with Crippen molar-refractivity contribution in [2.24, 2.45) is 5.92 Å². The first-order valence-corrected chi connectivity index (χ1v) is 5.71. The van der Waals surface area contributed by atoms with Crippen molar-refractivity contribution < 1.29 is 13.9 Å². The molecule has 90 valence electrons. The molecule has 0 amide bonds. The monoisotopic (exact) mass is 221 g/mol. The van der Waals surface area contributed by atoms with Gasteiger partial charge in [-0.1, -0.05) is 13.3 Å². The van der Waals surface area contributed by atoms with Crippen molar-refractivity contribution in [3.8, 4) is 0 Å². The highest BCUT2D eigenvalue weighted by Gasteiger charge is 2.31. The van der Waals surface area contributed by atoms with E-state index in [0.29, 0.717) is 12.3 Å². The lowest BCUT2D eigenvalue weighted by Gasteiger charge is -2.39. The van der Waals surface area contributed by atoms with Crippen LogP contribution < -0.4 is 0 Å². The summed E-state index contributed by atoms with van der Waals surface area (Å²) < 4.78 is 24.5. The van der Waals surface area contributed by atoms with Gasteiger partial charge in [-0.2, -0.15) is 0 Å². The average Bonchev–Trinajstić information content (AvgIpc) is 2.16. The third-order valence-electron chi connectivity index (χ3n) is 3.44. The van der Waals surface area contributed by atoms with Gasteiger partial charge in [-0.3, -0.25) is 4.90 Å². The molecule has 1 fully saturated rings. The minimum absolute atomic E-state index is 0.118. The number of aliphatic hydroxyl groups excluding tert-OH is 1. The molecule has 0 aromatic rings. The highest BCUT2D eigenvalue weighted by atomic mass is 19.3. The Hall–Kier alpha value is -0.220. The van der Waals surface area contributed by atoms with Crippen molar-refractivity contribution in [3.05, 3.63) is 0 Å². The number of halogens is 2. The first-order valence-electron chi connectivity index (χ1n) is 5.71. The average molecular weight is 221 g/mol. The van der Waals surface area contributed by atoms with Gasteiger partial charge >= 0.3 is 0 Å². The van der Waals surface area contributed by atoms with E-state index < -0.39 is 6.43 Å². The van der Waals surface area contributed by atoms with E-state index in [0.717, 1.165) is 19.3 Å². The molecule has 1 rings (SSSR count). The number of nitrogens with zero attached hydrogens (tertiary/aromatic N) is 1. The molecule has 0 bridgehead atoms. The molecule has 0 aromatic heterocycles. The zero-order valence-corrected chi connectivity index (χ0v) is 9.50. The summed E-state index contributed by atoms with van der Waals surface area (Å²) in [5.74, 6) is 0.456. The lowest BCUT2D eigenvalue weighted by molar-refractivity contribution is 0.00910. The summed E-state index contributed by atoms with van der Waals surface area (Å²) in [4.78, 5) is 1.71. The Morgan fingerprint density at radius 2 is 2.07 bits per heavy atom.